The Hall–Kier alpha value is -4.25. The number of carbonyl (C=O) groups excluding carboxylic acids is 2. The van der Waals surface area contributed by atoms with Gasteiger partial charge in [0.25, 0.3) is 5.91 Å². The third-order valence-corrected chi connectivity index (χ3v) is 7.76. The first kappa shape index (κ1) is 30.2. The number of nitrogens with one attached hydrogen (secondary N) is 1. The summed E-state index contributed by atoms with van der Waals surface area (Å²) in [5.41, 5.74) is 7.59. The van der Waals surface area contributed by atoms with Crippen molar-refractivity contribution in [2.45, 2.75) is 70.2 Å². The lowest BCUT2D eigenvalue weighted by Gasteiger charge is -2.26. The maximum Gasteiger partial charge on any atom is 0.508 e. The molecule has 1 amide bonds. The fourth-order valence-electron chi connectivity index (χ4n) is 5.38. The molecule has 2 fully saturated rings. The molecule has 4 atom stereocenters. The van der Waals surface area contributed by atoms with E-state index in [0.29, 0.717) is 36.9 Å². The van der Waals surface area contributed by atoms with E-state index < -0.39 is 36.6 Å². The highest BCUT2D eigenvalue weighted by atomic mass is 16.7. The molecule has 1 aliphatic carbocycles. The Balaban J connectivity index is 1.13. The minimum atomic E-state index is -1.43. The maximum atomic E-state index is 12.3. The van der Waals surface area contributed by atoms with Crippen molar-refractivity contribution in [2.75, 3.05) is 18.9 Å². The number of rotatable bonds is 8. The summed E-state index contributed by atoms with van der Waals surface area (Å²) in [7, 11) is 0. The van der Waals surface area contributed by atoms with Gasteiger partial charge in [0.2, 0.25) is 5.82 Å². The predicted molar refractivity (Wildman–Crippen MR) is 154 cm³/mol. The average Bonchev–Trinajstić information content (AvgIpc) is 3.57. The third kappa shape index (κ3) is 7.22. The molecule has 1 saturated heterocycles. The van der Waals surface area contributed by atoms with Crippen LogP contribution in [0.25, 0.3) is 11.2 Å². The van der Waals surface area contributed by atoms with E-state index in [9.17, 15) is 19.8 Å². The lowest BCUT2D eigenvalue weighted by Crippen LogP contribution is -2.42. The number of anilines is 1. The minimum Gasteiger partial charge on any atom is -0.434 e. The van der Waals surface area contributed by atoms with Crippen LogP contribution in [0.5, 0.6) is 0 Å². The second-order valence-corrected chi connectivity index (χ2v) is 10.8. The summed E-state index contributed by atoms with van der Waals surface area (Å²) in [6.45, 7) is 2.63. The van der Waals surface area contributed by atoms with Gasteiger partial charge in [0.1, 0.15) is 24.3 Å². The standard InChI is InChI=1S/C30H36N6O7/c1-2-32-28(39)25-23(37)24(38)29(43-25)36-17-33-22-26(31)34-21(35-27(22)36)10-6-9-18-11-13-20(14-12-18)16-42-30(40)41-15-19-7-4-3-5-8-19/h3-5,7-8,17-18,20,23-25,29,37-38H,2,9,11-16H2,1H3,(H,32,39)(H2,31,34,35)/t18?,20?,23?,24?,25-,29+/m0/s1. The van der Waals surface area contributed by atoms with Gasteiger partial charge in [0.15, 0.2) is 23.8 Å². The smallest absolute Gasteiger partial charge is 0.434 e. The Labute approximate surface area is 248 Å². The number of aliphatic hydroxyl groups is 2. The summed E-state index contributed by atoms with van der Waals surface area (Å²) >= 11 is 0. The molecule has 3 aromatic rings. The van der Waals surface area contributed by atoms with Crippen LogP contribution in [0, 0.1) is 23.7 Å². The SMILES string of the molecule is CCNC(=O)[C@H]1O[C@@H](n2cnc3c(N)nc(C#CCC4CCC(COC(=O)OCc5ccccc5)CC4)nc32)C(O)C1O. The van der Waals surface area contributed by atoms with Crippen molar-refractivity contribution in [1.29, 1.82) is 0 Å². The van der Waals surface area contributed by atoms with E-state index >= 15 is 0 Å². The number of carbonyl (C=O) groups is 2. The Bertz CT molecular complexity index is 1480. The van der Waals surface area contributed by atoms with E-state index in [2.05, 4.69) is 32.1 Å². The number of aromatic nitrogens is 4. The summed E-state index contributed by atoms with van der Waals surface area (Å²) in [6, 6.07) is 9.46. The number of benzene rings is 1. The molecule has 5 rings (SSSR count). The number of nitrogens with two attached hydrogens (primary N) is 1. The number of hydrogen-bond donors (Lipinski definition) is 4. The molecule has 0 bridgehead atoms. The van der Waals surface area contributed by atoms with Gasteiger partial charge in [-0.3, -0.25) is 9.36 Å². The number of aliphatic hydroxyl groups excluding tert-OH is 2. The predicted octanol–water partition coefficient (Wildman–Crippen LogP) is 2.07. The van der Waals surface area contributed by atoms with E-state index in [-0.39, 0.29) is 23.9 Å². The molecule has 43 heavy (non-hydrogen) atoms. The first-order valence-corrected chi connectivity index (χ1v) is 14.5. The lowest BCUT2D eigenvalue weighted by atomic mass is 9.81. The third-order valence-electron chi connectivity index (χ3n) is 7.76. The topological polar surface area (TPSA) is 184 Å². The molecule has 1 aromatic carbocycles. The fraction of sp³-hybridized carbons (Fsp3) is 0.500. The molecule has 3 heterocycles. The van der Waals surface area contributed by atoms with Crippen molar-refractivity contribution < 1.29 is 34.0 Å². The van der Waals surface area contributed by atoms with Crippen molar-refractivity contribution >= 4 is 29.0 Å². The number of likely N-dealkylation sites (N-methyl/N-ethyl adjacent to an activating group) is 1. The van der Waals surface area contributed by atoms with Crippen LogP contribution in [-0.2, 0) is 25.6 Å². The molecule has 5 N–H and O–H groups in total. The maximum absolute atomic E-state index is 12.3. The number of amides is 1. The normalized spacial score (nSPS) is 25.1. The van der Waals surface area contributed by atoms with Crippen molar-refractivity contribution in [2.24, 2.45) is 11.8 Å². The fourth-order valence-corrected chi connectivity index (χ4v) is 5.38. The van der Waals surface area contributed by atoms with Crippen LogP contribution in [0.4, 0.5) is 10.6 Å². The molecule has 0 spiro atoms. The van der Waals surface area contributed by atoms with Crippen LogP contribution in [0.3, 0.4) is 0 Å². The number of nitrogen functional groups attached to an aromatic ring is 1. The molecule has 2 aromatic heterocycles. The first-order valence-electron chi connectivity index (χ1n) is 14.5. The molecular formula is C30H36N6O7. The van der Waals surface area contributed by atoms with Gasteiger partial charge < -0.3 is 35.5 Å². The van der Waals surface area contributed by atoms with Crippen LogP contribution >= 0.6 is 0 Å². The monoisotopic (exact) mass is 592 g/mol. The Morgan fingerprint density at radius 1 is 1.09 bits per heavy atom. The molecule has 228 valence electrons. The molecular weight excluding hydrogens is 556 g/mol. The van der Waals surface area contributed by atoms with Crippen molar-refractivity contribution in [3.63, 3.8) is 0 Å². The van der Waals surface area contributed by atoms with Gasteiger partial charge in [-0.25, -0.2) is 19.7 Å². The highest BCUT2D eigenvalue weighted by Crippen LogP contribution is 2.33. The van der Waals surface area contributed by atoms with Crippen molar-refractivity contribution in [3.05, 3.63) is 48.0 Å². The van der Waals surface area contributed by atoms with Crippen LogP contribution in [-0.4, -0.2) is 73.3 Å². The van der Waals surface area contributed by atoms with Gasteiger partial charge in [-0.1, -0.05) is 36.3 Å². The minimum absolute atomic E-state index is 0.115. The second kappa shape index (κ2) is 13.8. The lowest BCUT2D eigenvalue weighted by molar-refractivity contribution is -0.137. The van der Waals surface area contributed by atoms with E-state index in [1.165, 1.54) is 10.9 Å². The number of hydrogen-bond acceptors (Lipinski definition) is 11. The summed E-state index contributed by atoms with van der Waals surface area (Å²) in [5.74, 6) is 6.60. The van der Waals surface area contributed by atoms with Gasteiger partial charge in [-0.05, 0) is 55.9 Å². The second-order valence-electron chi connectivity index (χ2n) is 10.8. The summed E-state index contributed by atoms with van der Waals surface area (Å²) < 4.78 is 17.6. The van der Waals surface area contributed by atoms with Crippen LogP contribution < -0.4 is 11.1 Å². The van der Waals surface area contributed by atoms with Crippen molar-refractivity contribution in [3.8, 4) is 11.8 Å². The molecule has 13 heteroatoms. The molecule has 1 aliphatic heterocycles. The van der Waals surface area contributed by atoms with E-state index in [1.54, 1.807) is 6.92 Å². The number of nitrogens with zero attached hydrogens (tertiary/aromatic N) is 4. The largest absolute Gasteiger partial charge is 0.508 e. The first-order chi connectivity index (χ1) is 20.8. The molecule has 0 radical (unpaired) electrons. The zero-order chi connectivity index (χ0) is 30.3. The quantitative estimate of drug-likeness (QED) is 0.222. The van der Waals surface area contributed by atoms with Gasteiger partial charge in [0, 0.05) is 13.0 Å². The van der Waals surface area contributed by atoms with Crippen LogP contribution in [0.2, 0.25) is 0 Å². The van der Waals surface area contributed by atoms with E-state index in [1.807, 2.05) is 30.3 Å². The van der Waals surface area contributed by atoms with Crippen molar-refractivity contribution in [1.82, 2.24) is 24.8 Å². The molecule has 2 aliphatic rings. The molecule has 2 unspecified atom stereocenters. The zero-order valence-electron chi connectivity index (χ0n) is 23.9. The molecule has 13 nitrogen and oxygen atoms in total. The van der Waals surface area contributed by atoms with Gasteiger partial charge >= 0.3 is 6.16 Å². The highest BCUT2D eigenvalue weighted by molar-refractivity contribution is 5.83. The summed E-state index contributed by atoms with van der Waals surface area (Å²) in [6.07, 6.45) is -0.0135. The van der Waals surface area contributed by atoms with Gasteiger partial charge in [-0.2, -0.15) is 0 Å². The van der Waals surface area contributed by atoms with Gasteiger partial charge in [-0.15, -0.1) is 0 Å². The van der Waals surface area contributed by atoms with Crippen LogP contribution in [0.15, 0.2) is 36.7 Å². The average molecular weight is 593 g/mol. The summed E-state index contributed by atoms with van der Waals surface area (Å²) in [4.78, 5) is 37.2. The molecule has 1 saturated carbocycles. The Kier molecular flexibility index (Phi) is 9.71. The zero-order valence-corrected chi connectivity index (χ0v) is 23.9. The van der Waals surface area contributed by atoms with Gasteiger partial charge in [0.05, 0.1) is 12.9 Å². The number of fused-ring (bicyclic) bond motifs is 1. The van der Waals surface area contributed by atoms with Crippen LogP contribution in [0.1, 0.15) is 56.6 Å². The Morgan fingerprint density at radius 3 is 2.58 bits per heavy atom. The highest BCUT2D eigenvalue weighted by Gasteiger charge is 2.47. The number of ether oxygens (including phenoxy) is 3. The van der Waals surface area contributed by atoms with E-state index in [0.717, 1.165) is 31.2 Å². The summed E-state index contributed by atoms with van der Waals surface area (Å²) in [5, 5.41) is 23.6. The Morgan fingerprint density at radius 2 is 1.84 bits per heavy atom. The van der Waals surface area contributed by atoms with E-state index in [4.69, 9.17) is 19.9 Å². The number of imidazole rings is 1.